The molecule has 2 N–H and O–H groups in total. The molecular formula is C15H11BrClN3O4. The van der Waals surface area contributed by atoms with Gasteiger partial charge in [0.1, 0.15) is 5.75 Å². The number of benzene rings is 2. The first-order chi connectivity index (χ1) is 11.4. The summed E-state index contributed by atoms with van der Waals surface area (Å²) in [6.45, 7) is 0. The second kappa shape index (κ2) is 7.89. The molecule has 1 amide bonds. The van der Waals surface area contributed by atoms with Gasteiger partial charge in [-0.3, -0.25) is 14.9 Å². The predicted octanol–water partition coefficient (Wildman–Crippen LogP) is 3.41. The number of hydrogen-bond acceptors (Lipinski definition) is 5. The number of halogens is 2. The minimum Gasteiger partial charge on any atom is -0.506 e. The second-order valence-corrected chi connectivity index (χ2v) is 6.00. The van der Waals surface area contributed by atoms with E-state index in [1.807, 2.05) is 0 Å². The lowest BCUT2D eigenvalue weighted by molar-refractivity contribution is -0.385. The Bertz CT molecular complexity index is 826. The van der Waals surface area contributed by atoms with Crippen LogP contribution in [0.3, 0.4) is 0 Å². The summed E-state index contributed by atoms with van der Waals surface area (Å²) in [6, 6.07) is 9.05. The topological polar surface area (TPSA) is 105 Å². The Labute approximate surface area is 150 Å². The van der Waals surface area contributed by atoms with Crippen molar-refractivity contribution in [1.29, 1.82) is 0 Å². The van der Waals surface area contributed by atoms with E-state index in [0.29, 0.717) is 10.0 Å². The van der Waals surface area contributed by atoms with Crippen molar-refractivity contribution in [2.75, 3.05) is 0 Å². The molecule has 0 aliphatic rings. The third-order valence-electron chi connectivity index (χ3n) is 2.99. The van der Waals surface area contributed by atoms with E-state index in [1.165, 1.54) is 30.5 Å². The first kappa shape index (κ1) is 17.9. The van der Waals surface area contributed by atoms with E-state index in [4.69, 9.17) is 11.6 Å². The summed E-state index contributed by atoms with van der Waals surface area (Å²) >= 11 is 9.05. The zero-order valence-corrected chi connectivity index (χ0v) is 14.4. The van der Waals surface area contributed by atoms with Gasteiger partial charge in [-0.1, -0.05) is 45.7 Å². The molecule has 0 spiro atoms. The number of rotatable bonds is 5. The van der Waals surface area contributed by atoms with Gasteiger partial charge in [0.05, 0.1) is 22.6 Å². The van der Waals surface area contributed by atoms with Crippen LogP contribution in [0.15, 0.2) is 46.0 Å². The van der Waals surface area contributed by atoms with E-state index >= 15 is 0 Å². The lowest BCUT2D eigenvalue weighted by Gasteiger charge is -2.03. The number of nitro groups is 1. The molecule has 0 atom stereocenters. The Balaban J connectivity index is 2.06. The third-order valence-corrected chi connectivity index (χ3v) is 3.74. The summed E-state index contributed by atoms with van der Waals surface area (Å²) in [4.78, 5) is 22.2. The molecule has 0 saturated heterocycles. The minimum absolute atomic E-state index is 0.131. The average Bonchev–Trinajstić information content (AvgIpc) is 2.52. The Hall–Kier alpha value is -2.45. The largest absolute Gasteiger partial charge is 0.506 e. The number of para-hydroxylation sites is 1. The van der Waals surface area contributed by atoms with Gasteiger partial charge in [-0.2, -0.15) is 5.10 Å². The quantitative estimate of drug-likeness (QED) is 0.446. The molecule has 0 unspecified atom stereocenters. The summed E-state index contributed by atoms with van der Waals surface area (Å²) in [5.74, 6) is -0.697. The van der Waals surface area contributed by atoms with Gasteiger partial charge in [0.25, 0.3) is 5.69 Å². The van der Waals surface area contributed by atoms with Crippen molar-refractivity contribution in [2.45, 2.75) is 6.42 Å². The van der Waals surface area contributed by atoms with Crippen LogP contribution in [0.25, 0.3) is 0 Å². The van der Waals surface area contributed by atoms with Crippen LogP contribution >= 0.6 is 27.5 Å². The summed E-state index contributed by atoms with van der Waals surface area (Å²) in [7, 11) is 0. The van der Waals surface area contributed by atoms with Gasteiger partial charge >= 0.3 is 0 Å². The number of phenolic OH excluding ortho intramolecular Hbond substituents is 1. The van der Waals surface area contributed by atoms with E-state index < -0.39 is 10.8 Å². The Morgan fingerprint density at radius 2 is 2.12 bits per heavy atom. The van der Waals surface area contributed by atoms with Gasteiger partial charge in [-0.15, -0.1) is 0 Å². The highest BCUT2D eigenvalue weighted by Crippen LogP contribution is 2.30. The van der Waals surface area contributed by atoms with Crippen molar-refractivity contribution < 1.29 is 14.8 Å². The molecule has 2 aromatic carbocycles. The summed E-state index contributed by atoms with van der Waals surface area (Å²) < 4.78 is 0.637. The molecule has 9 heteroatoms. The van der Waals surface area contributed by atoms with Crippen molar-refractivity contribution in [3.05, 3.63) is 67.1 Å². The monoisotopic (exact) mass is 411 g/mol. The molecule has 2 rings (SSSR count). The van der Waals surface area contributed by atoms with Gasteiger partial charge in [-0.05, 0) is 12.1 Å². The van der Waals surface area contributed by atoms with Crippen molar-refractivity contribution in [3.8, 4) is 5.75 Å². The number of carbonyl (C=O) groups is 1. The fourth-order valence-corrected chi connectivity index (χ4v) is 2.74. The van der Waals surface area contributed by atoms with Crippen LogP contribution in [-0.4, -0.2) is 22.2 Å². The summed E-state index contributed by atoms with van der Waals surface area (Å²) in [5, 5.41) is 24.5. The van der Waals surface area contributed by atoms with Crippen LogP contribution in [-0.2, 0) is 11.2 Å². The lowest BCUT2D eigenvalue weighted by Crippen LogP contribution is -2.20. The maximum atomic E-state index is 11.9. The number of amides is 1. The van der Waals surface area contributed by atoms with Crippen LogP contribution in [0.1, 0.15) is 11.1 Å². The number of nitrogens with one attached hydrogen (secondary N) is 1. The number of aromatic hydroxyl groups is 1. The van der Waals surface area contributed by atoms with Gasteiger partial charge in [-0.25, -0.2) is 5.43 Å². The molecule has 0 aliphatic carbocycles. The number of hydrazone groups is 1. The normalized spacial score (nSPS) is 10.8. The standard InChI is InChI=1S/C15H11BrClN3O4/c16-11-5-10(15(22)12(17)7-11)8-18-19-14(21)6-9-3-1-2-4-13(9)20(23)24/h1-5,7-8,22H,6H2,(H,19,21). The van der Waals surface area contributed by atoms with E-state index in [2.05, 4.69) is 26.5 Å². The molecule has 0 fully saturated rings. The highest BCUT2D eigenvalue weighted by molar-refractivity contribution is 9.10. The van der Waals surface area contributed by atoms with Gasteiger partial charge in [0.15, 0.2) is 0 Å². The smallest absolute Gasteiger partial charge is 0.273 e. The zero-order chi connectivity index (χ0) is 17.7. The molecule has 124 valence electrons. The molecule has 0 saturated carbocycles. The zero-order valence-electron chi connectivity index (χ0n) is 12.1. The minimum atomic E-state index is -0.548. The van der Waals surface area contributed by atoms with Crippen molar-refractivity contribution in [3.63, 3.8) is 0 Å². The molecule has 2 aromatic rings. The predicted molar refractivity (Wildman–Crippen MR) is 93.4 cm³/mol. The van der Waals surface area contributed by atoms with Crippen LogP contribution < -0.4 is 5.43 Å². The van der Waals surface area contributed by atoms with Crippen LogP contribution in [0.5, 0.6) is 5.75 Å². The van der Waals surface area contributed by atoms with E-state index in [0.717, 1.165) is 0 Å². The molecule has 0 radical (unpaired) electrons. The maximum absolute atomic E-state index is 11.9. The number of phenols is 1. The molecule has 0 aromatic heterocycles. The summed E-state index contributed by atoms with van der Waals surface area (Å²) in [5.41, 5.74) is 2.71. The van der Waals surface area contributed by atoms with Gasteiger partial charge in [0.2, 0.25) is 5.91 Å². The van der Waals surface area contributed by atoms with Crippen molar-refractivity contribution in [2.24, 2.45) is 5.10 Å². The maximum Gasteiger partial charge on any atom is 0.273 e. The highest BCUT2D eigenvalue weighted by Gasteiger charge is 2.15. The SMILES string of the molecule is O=C(Cc1ccccc1[N+](=O)[O-])NN=Cc1cc(Br)cc(Cl)c1O. The number of hydrogen-bond donors (Lipinski definition) is 2. The fraction of sp³-hybridized carbons (Fsp3) is 0.0667. The molecular weight excluding hydrogens is 402 g/mol. The first-order valence-corrected chi connectivity index (χ1v) is 7.78. The number of carbonyl (C=O) groups excluding carboxylic acids is 1. The van der Waals surface area contributed by atoms with E-state index in [9.17, 15) is 20.0 Å². The van der Waals surface area contributed by atoms with Crippen LogP contribution in [0, 0.1) is 10.1 Å². The average molecular weight is 413 g/mol. The number of nitrogens with zero attached hydrogens (tertiary/aromatic N) is 2. The second-order valence-electron chi connectivity index (χ2n) is 4.68. The van der Waals surface area contributed by atoms with Gasteiger partial charge in [0, 0.05) is 21.7 Å². The molecule has 0 heterocycles. The Kier molecular flexibility index (Phi) is 5.88. The van der Waals surface area contributed by atoms with Gasteiger partial charge < -0.3 is 5.11 Å². The lowest BCUT2D eigenvalue weighted by atomic mass is 10.1. The Morgan fingerprint density at radius 3 is 2.83 bits per heavy atom. The first-order valence-electron chi connectivity index (χ1n) is 6.60. The molecule has 0 bridgehead atoms. The number of nitro benzene ring substituents is 1. The Morgan fingerprint density at radius 1 is 1.42 bits per heavy atom. The van der Waals surface area contributed by atoms with Crippen molar-refractivity contribution >= 4 is 45.3 Å². The van der Waals surface area contributed by atoms with Crippen molar-refractivity contribution in [1.82, 2.24) is 5.43 Å². The molecule has 24 heavy (non-hydrogen) atoms. The van der Waals surface area contributed by atoms with E-state index in [1.54, 1.807) is 12.1 Å². The molecule has 7 nitrogen and oxygen atoms in total. The summed E-state index contributed by atoms with van der Waals surface area (Å²) in [6.07, 6.45) is 1.03. The fourth-order valence-electron chi connectivity index (χ4n) is 1.91. The van der Waals surface area contributed by atoms with Crippen LogP contribution in [0.4, 0.5) is 5.69 Å². The van der Waals surface area contributed by atoms with E-state index in [-0.39, 0.29) is 28.4 Å². The highest BCUT2D eigenvalue weighted by atomic mass is 79.9. The van der Waals surface area contributed by atoms with Crippen LogP contribution in [0.2, 0.25) is 5.02 Å². The molecule has 0 aliphatic heterocycles. The third kappa shape index (κ3) is 4.53.